The van der Waals surface area contributed by atoms with E-state index in [-0.39, 0.29) is 3.92 Å². The number of alkyl halides is 1. The molecule has 0 saturated heterocycles. The average molecular weight is 418 g/mol. The summed E-state index contributed by atoms with van der Waals surface area (Å²) in [6.45, 7) is 4.76. The number of allylic oxidation sites excluding steroid dienone is 2. The molecule has 0 heterocycles. The molecule has 0 aromatic carbocycles. The van der Waals surface area contributed by atoms with Gasteiger partial charge in [-0.1, -0.05) is 91.8 Å². The lowest BCUT2D eigenvalue weighted by Gasteiger charge is -2.33. The number of carbonyl (C=O) groups is 1. The van der Waals surface area contributed by atoms with Crippen LogP contribution in [0, 0.1) is 5.41 Å². The summed E-state index contributed by atoms with van der Waals surface area (Å²) in [5.41, 5.74) is 0.618. The maximum absolute atomic E-state index is 13.0. The molecule has 0 aliphatic heterocycles. The van der Waals surface area contributed by atoms with E-state index in [0.29, 0.717) is 12.4 Å². The smallest absolute Gasteiger partial charge is 0.161 e. The summed E-state index contributed by atoms with van der Waals surface area (Å²) < 4.78 is 5.45. The van der Waals surface area contributed by atoms with Crippen LogP contribution in [0.3, 0.4) is 0 Å². The Morgan fingerprint density at radius 3 is 2.64 bits per heavy atom. The highest BCUT2D eigenvalue weighted by molar-refractivity contribution is 14.1. The normalized spacial score (nSPS) is 22.5. The van der Waals surface area contributed by atoms with Gasteiger partial charge in [-0.3, -0.25) is 4.79 Å². The van der Waals surface area contributed by atoms with Crippen LogP contribution in [0.5, 0.6) is 0 Å². The molecule has 0 fully saturated rings. The Kier molecular flexibility index (Phi) is 9.57. The summed E-state index contributed by atoms with van der Waals surface area (Å²) in [5, 5.41) is 0. The van der Waals surface area contributed by atoms with Crippen LogP contribution in [0.2, 0.25) is 0 Å². The van der Waals surface area contributed by atoms with Crippen molar-refractivity contribution in [2.24, 2.45) is 5.41 Å². The highest BCUT2D eigenvalue weighted by atomic mass is 127. The van der Waals surface area contributed by atoms with Crippen molar-refractivity contribution in [2.75, 3.05) is 13.7 Å². The molecule has 0 saturated carbocycles. The summed E-state index contributed by atoms with van der Waals surface area (Å²) in [7, 11) is 1.68. The maximum Gasteiger partial charge on any atom is 0.161 e. The van der Waals surface area contributed by atoms with Crippen LogP contribution in [0.4, 0.5) is 0 Å². The summed E-state index contributed by atoms with van der Waals surface area (Å²) in [6.07, 6.45) is 15.9. The van der Waals surface area contributed by atoms with E-state index in [1.807, 2.05) is 0 Å². The molecule has 2 atom stereocenters. The number of Topliss-reactive ketones (excluding diaryl/α,β-unsaturated/α-hetero) is 1. The summed E-state index contributed by atoms with van der Waals surface area (Å²) in [4.78, 5) is 13.0. The number of ketones is 1. The number of hydrogen-bond donors (Lipinski definition) is 0. The lowest BCUT2D eigenvalue weighted by Crippen LogP contribution is -2.40. The second-order valence-electron chi connectivity index (χ2n) is 6.32. The first-order valence-electron chi connectivity index (χ1n) is 8.60. The van der Waals surface area contributed by atoms with Crippen molar-refractivity contribution in [3.63, 3.8) is 0 Å². The van der Waals surface area contributed by atoms with E-state index >= 15 is 0 Å². The van der Waals surface area contributed by atoms with Crippen LogP contribution in [-0.4, -0.2) is 23.4 Å². The van der Waals surface area contributed by atoms with Gasteiger partial charge in [-0.05, 0) is 19.8 Å². The summed E-state index contributed by atoms with van der Waals surface area (Å²) in [6, 6.07) is 0. The Hall–Kier alpha value is -0.160. The molecule has 126 valence electrons. The molecule has 1 rings (SSSR count). The van der Waals surface area contributed by atoms with E-state index in [1.54, 1.807) is 7.11 Å². The minimum atomic E-state index is -0.527. The summed E-state index contributed by atoms with van der Waals surface area (Å²) in [5.74, 6) is 0.313. The number of hydrogen-bond acceptors (Lipinski definition) is 2. The minimum absolute atomic E-state index is 0.0741. The number of rotatable bonds is 11. The quantitative estimate of drug-likeness (QED) is 0.188. The van der Waals surface area contributed by atoms with Gasteiger partial charge < -0.3 is 4.74 Å². The topological polar surface area (TPSA) is 26.3 Å². The maximum atomic E-state index is 13.0. The van der Waals surface area contributed by atoms with Crippen LogP contribution in [0.1, 0.15) is 65.2 Å². The Balaban J connectivity index is 2.54. The summed E-state index contributed by atoms with van der Waals surface area (Å²) >= 11 is 2.33. The molecule has 2 unspecified atom stereocenters. The van der Waals surface area contributed by atoms with Crippen LogP contribution in [-0.2, 0) is 9.53 Å². The van der Waals surface area contributed by atoms with Crippen LogP contribution in [0.25, 0.3) is 0 Å². The third kappa shape index (κ3) is 5.48. The molecular formula is C19H31IO2. The predicted octanol–water partition coefficient (Wildman–Crippen LogP) is 5.65. The molecule has 3 heteroatoms. The molecule has 22 heavy (non-hydrogen) atoms. The van der Waals surface area contributed by atoms with Crippen molar-refractivity contribution >= 4 is 28.4 Å². The molecule has 0 bridgehead atoms. The molecule has 2 nitrogen and oxygen atoms in total. The number of carbonyl (C=O) groups excluding carboxylic acids is 1. The van der Waals surface area contributed by atoms with Crippen LogP contribution < -0.4 is 0 Å². The Bertz CT molecular complexity index is 400. The Morgan fingerprint density at radius 1 is 1.32 bits per heavy atom. The van der Waals surface area contributed by atoms with Gasteiger partial charge in [0.25, 0.3) is 0 Å². The van der Waals surface area contributed by atoms with E-state index in [4.69, 9.17) is 4.74 Å². The van der Waals surface area contributed by atoms with Gasteiger partial charge >= 0.3 is 0 Å². The second kappa shape index (κ2) is 10.6. The third-order valence-electron chi connectivity index (χ3n) is 4.57. The van der Waals surface area contributed by atoms with Crippen molar-refractivity contribution in [3.8, 4) is 0 Å². The molecular weight excluding hydrogens is 387 g/mol. The molecule has 0 radical (unpaired) electrons. The fraction of sp³-hybridized carbons (Fsp3) is 0.737. The van der Waals surface area contributed by atoms with Crippen LogP contribution in [0.15, 0.2) is 23.8 Å². The number of halogens is 1. The van der Waals surface area contributed by atoms with Gasteiger partial charge in [0, 0.05) is 7.11 Å². The molecule has 0 N–H and O–H groups in total. The van der Waals surface area contributed by atoms with E-state index < -0.39 is 5.41 Å². The fourth-order valence-electron chi connectivity index (χ4n) is 3.08. The van der Waals surface area contributed by atoms with Crippen molar-refractivity contribution in [1.29, 1.82) is 0 Å². The van der Waals surface area contributed by atoms with E-state index in [2.05, 4.69) is 54.7 Å². The van der Waals surface area contributed by atoms with E-state index in [9.17, 15) is 4.79 Å². The molecule has 0 spiro atoms. The van der Waals surface area contributed by atoms with E-state index in [1.165, 1.54) is 32.1 Å². The van der Waals surface area contributed by atoms with Crippen LogP contribution >= 0.6 is 22.6 Å². The number of ether oxygens (including phenoxy) is 1. The minimum Gasteiger partial charge on any atom is -0.383 e. The number of unbranched alkanes of at least 4 members (excludes halogenated alkanes) is 5. The standard InChI is InChI=1S/C19H31IO2/c1-4-5-6-7-8-9-13-17(20)18(21)19(15-22-3)14-11-10-12-16(19)2/h11-12,14,17H,4-10,13,15H2,1-3H3. The Labute approximate surface area is 149 Å². The third-order valence-corrected chi connectivity index (χ3v) is 5.76. The van der Waals surface area contributed by atoms with Crippen molar-refractivity contribution in [2.45, 2.75) is 69.1 Å². The van der Waals surface area contributed by atoms with Gasteiger partial charge in [-0.2, -0.15) is 0 Å². The molecule has 0 amide bonds. The Morgan fingerprint density at radius 2 is 2.00 bits per heavy atom. The lowest BCUT2D eigenvalue weighted by atomic mass is 9.73. The van der Waals surface area contributed by atoms with Crippen molar-refractivity contribution in [1.82, 2.24) is 0 Å². The molecule has 0 aromatic heterocycles. The monoisotopic (exact) mass is 418 g/mol. The van der Waals surface area contributed by atoms with Gasteiger partial charge in [0.2, 0.25) is 0 Å². The molecule has 0 aromatic rings. The zero-order valence-electron chi connectivity index (χ0n) is 14.4. The van der Waals surface area contributed by atoms with Crippen molar-refractivity contribution in [3.05, 3.63) is 23.8 Å². The highest BCUT2D eigenvalue weighted by Gasteiger charge is 2.41. The zero-order valence-corrected chi connectivity index (χ0v) is 16.5. The van der Waals surface area contributed by atoms with Crippen molar-refractivity contribution < 1.29 is 9.53 Å². The van der Waals surface area contributed by atoms with Gasteiger partial charge in [0.15, 0.2) is 5.78 Å². The van der Waals surface area contributed by atoms with Gasteiger partial charge in [0.05, 0.1) is 15.9 Å². The average Bonchev–Trinajstić information content (AvgIpc) is 2.52. The van der Waals surface area contributed by atoms with E-state index in [0.717, 1.165) is 24.8 Å². The lowest BCUT2D eigenvalue weighted by molar-refractivity contribution is -0.126. The fourth-order valence-corrected chi connectivity index (χ4v) is 4.08. The molecule has 1 aliphatic carbocycles. The predicted molar refractivity (Wildman–Crippen MR) is 103 cm³/mol. The first-order chi connectivity index (χ1) is 10.6. The largest absolute Gasteiger partial charge is 0.383 e. The molecule has 1 aliphatic rings. The van der Waals surface area contributed by atoms with Gasteiger partial charge in [-0.15, -0.1) is 0 Å². The SMILES string of the molecule is CCCCCCCCC(I)C(=O)C1(COC)C=CCC=C1C. The highest BCUT2D eigenvalue weighted by Crippen LogP contribution is 2.37. The second-order valence-corrected chi connectivity index (χ2v) is 7.82. The first-order valence-corrected chi connectivity index (χ1v) is 9.85. The zero-order chi connectivity index (χ0) is 16.4. The number of methoxy groups -OCH3 is 1. The first kappa shape index (κ1) is 19.9. The van der Waals surface area contributed by atoms with Gasteiger partial charge in [0.1, 0.15) is 0 Å². The van der Waals surface area contributed by atoms with Gasteiger partial charge in [-0.25, -0.2) is 0 Å².